The van der Waals surface area contributed by atoms with Gasteiger partial charge in [-0.05, 0) is 37.3 Å². The molecule has 0 saturated carbocycles. The largest absolute Gasteiger partial charge is 0.494 e. The summed E-state index contributed by atoms with van der Waals surface area (Å²) in [6.45, 7) is 1.73. The molecule has 10 heteroatoms. The molecule has 0 aliphatic carbocycles. The quantitative estimate of drug-likeness (QED) is 0.404. The van der Waals surface area contributed by atoms with Crippen molar-refractivity contribution in [2.45, 2.75) is 6.92 Å². The third kappa shape index (κ3) is 6.03. The SMILES string of the molecule is CCOc1ccc(NC(=O)COC(=O)c2cc(C(=O)OC)cc([N+](=O)[O-])c2)cc1. The van der Waals surface area contributed by atoms with E-state index in [1.807, 2.05) is 6.92 Å². The Hall–Kier alpha value is -3.95. The van der Waals surface area contributed by atoms with Gasteiger partial charge in [0.2, 0.25) is 0 Å². The zero-order chi connectivity index (χ0) is 21.4. The van der Waals surface area contributed by atoms with Crippen molar-refractivity contribution in [3.63, 3.8) is 0 Å². The van der Waals surface area contributed by atoms with Gasteiger partial charge < -0.3 is 19.5 Å². The molecular weight excluding hydrogens is 384 g/mol. The van der Waals surface area contributed by atoms with Gasteiger partial charge in [0.05, 0.1) is 29.8 Å². The molecule has 2 rings (SSSR count). The number of hydrogen-bond acceptors (Lipinski definition) is 8. The number of nitrogens with one attached hydrogen (secondary N) is 1. The fourth-order valence-electron chi connectivity index (χ4n) is 2.28. The lowest BCUT2D eigenvalue weighted by molar-refractivity contribution is -0.384. The van der Waals surface area contributed by atoms with Gasteiger partial charge in [0.25, 0.3) is 11.6 Å². The van der Waals surface area contributed by atoms with Gasteiger partial charge in [0.1, 0.15) is 5.75 Å². The lowest BCUT2D eigenvalue weighted by Gasteiger charge is -2.08. The van der Waals surface area contributed by atoms with Gasteiger partial charge in [-0.15, -0.1) is 0 Å². The second-order valence-electron chi connectivity index (χ2n) is 5.60. The summed E-state index contributed by atoms with van der Waals surface area (Å²) >= 11 is 0. The van der Waals surface area contributed by atoms with E-state index < -0.39 is 35.1 Å². The highest BCUT2D eigenvalue weighted by molar-refractivity contribution is 5.98. The molecule has 0 radical (unpaired) electrons. The van der Waals surface area contributed by atoms with Crippen LogP contribution in [0.2, 0.25) is 0 Å². The number of esters is 2. The topological polar surface area (TPSA) is 134 Å². The van der Waals surface area contributed by atoms with Gasteiger partial charge in [-0.25, -0.2) is 9.59 Å². The number of anilines is 1. The molecule has 152 valence electrons. The maximum atomic E-state index is 12.2. The minimum atomic E-state index is -0.999. The number of nitro groups is 1. The van der Waals surface area contributed by atoms with Crippen LogP contribution in [0.3, 0.4) is 0 Å². The molecule has 2 aromatic rings. The molecule has 0 unspecified atom stereocenters. The molecule has 0 aliphatic rings. The summed E-state index contributed by atoms with van der Waals surface area (Å²) in [6.07, 6.45) is 0. The molecular formula is C19H18N2O8. The molecule has 29 heavy (non-hydrogen) atoms. The van der Waals surface area contributed by atoms with Crippen LogP contribution in [-0.4, -0.2) is 43.1 Å². The Morgan fingerprint density at radius 3 is 2.21 bits per heavy atom. The molecule has 1 amide bonds. The van der Waals surface area contributed by atoms with E-state index in [0.717, 1.165) is 25.3 Å². The molecule has 10 nitrogen and oxygen atoms in total. The molecule has 0 bridgehead atoms. The maximum Gasteiger partial charge on any atom is 0.338 e. The normalized spacial score (nSPS) is 10.0. The fraction of sp³-hybridized carbons (Fsp3) is 0.211. The third-order valence-electron chi connectivity index (χ3n) is 3.57. The summed E-state index contributed by atoms with van der Waals surface area (Å²) in [5, 5.41) is 13.5. The van der Waals surface area contributed by atoms with Crippen molar-refractivity contribution in [3.05, 3.63) is 63.7 Å². The van der Waals surface area contributed by atoms with E-state index in [1.165, 1.54) is 0 Å². The molecule has 0 aliphatic heterocycles. The molecule has 0 saturated heterocycles. The van der Waals surface area contributed by atoms with E-state index in [0.29, 0.717) is 18.0 Å². The number of methoxy groups -OCH3 is 1. The first-order valence-corrected chi connectivity index (χ1v) is 8.41. The minimum Gasteiger partial charge on any atom is -0.494 e. The Kier molecular flexibility index (Phi) is 7.24. The van der Waals surface area contributed by atoms with Gasteiger partial charge in [0.15, 0.2) is 6.61 Å². The van der Waals surface area contributed by atoms with Crippen LogP contribution in [0.1, 0.15) is 27.6 Å². The standard InChI is InChI=1S/C19H18N2O8/c1-3-28-16-6-4-14(5-7-16)20-17(22)11-29-19(24)13-8-12(18(23)27-2)9-15(10-13)21(25)26/h4-10H,3,11H2,1-2H3,(H,20,22). The van der Waals surface area contributed by atoms with Crippen LogP contribution in [0.4, 0.5) is 11.4 Å². The lowest BCUT2D eigenvalue weighted by atomic mass is 10.1. The highest BCUT2D eigenvalue weighted by Gasteiger charge is 2.20. The molecule has 0 fully saturated rings. The Morgan fingerprint density at radius 2 is 1.66 bits per heavy atom. The Bertz CT molecular complexity index is 924. The van der Waals surface area contributed by atoms with Crippen molar-refractivity contribution in [3.8, 4) is 5.75 Å². The van der Waals surface area contributed by atoms with Gasteiger partial charge in [-0.3, -0.25) is 14.9 Å². The van der Waals surface area contributed by atoms with Crippen LogP contribution in [0.5, 0.6) is 5.75 Å². The van der Waals surface area contributed by atoms with Crippen LogP contribution in [0, 0.1) is 10.1 Å². The summed E-state index contributed by atoms with van der Waals surface area (Å²) in [6, 6.07) is 9.58. The van der Waals surface area contributed by atoms with E-state index in [4.69, 9.17) is 9.47 Å². The van der Waals surface area contributed by atoms with E-state index in [-0.39, 0.29) is 11.1 Å². The summed E-state index contributed by atoms with van der Waals surface area (Å²) < 4.78 is 14.7. The van der Waals surface area contributed by atoms with E-state index in [1.54, 1.807) is 24.3 Å². The number of hydrogen-bond donors (Lipinski definition) is 1. The van der Waals surface area contributed by atoms with E-state index in [9.17, 15) is 24.5 Å². The number of carbonyl (C=O) groups excluding carboxylic acids is 3. The number of rotatable bonds is 8. The van der Waals surface area contributed by atoms with Gasteiger partial charge in [-0.2, -0.15) is 0 Å². The minimum absolute atomic E-state index is 0.188. The van der Waals surface area contributed by atoms with Crippen molar-refractivity contribution in [1.29, 1.82) is 0 Å². The summed E-state index contributed by atoms with van der Waals surface area (Å²) in [5.74, 6) is -1.82. The smallest absolute Gasteiger partial charge is 0.338 e. The predicted molar refractivity (Wildman–Crippen MR) is 101 cm³/mol. The highest BCUT2D eigenvalue weighted by Crippen LogP contribution is 2.19. The average molecular weight is 402 g/mol. The Labute approximate surface area is 165 Å². The number of benzene rings is 2. The summed E-state index contributed by atoms with van der Waals surface area (Å²) in [5.41, 5.74) is -0.461. The average Bonchev–Trinajstić information content (AvgIpc) is 2.72. The van der Waals surface area contributed by atoms with Crippen molar-refractivity contribution in [1.82, 2.24) is 0 Å². The fourth-order valence-corrected chi connectivity index (χ4v) is 2.28. The monoisotopic (exact) mass is 402 g/mol. The van der Waals surface area contributed by atoms with Gasteiger partial charge >= 0.3 is 11.9 Å². The lowest BCUT2D eigenvalue weighted by Crippen LogP contribution is -2.21. The van der Waals surface area contributed by atoms with Crippen molar-refractivity contribution < 1.29 is 33.5 Å². The van der Waals surface area contributed by atoms with Crippen molar-refractivity contribution in [2.75, 3.05) is 25.6 Å². The summed E-state index contributed by atoms with van der Waals surface area (Å²) in [7, 11) is 1.10. The van der Waals surface area contributed by atoms with Crippen LogP contribution < -0.4 is 10.1 Å². The number of non-ortho nitro benzene ring substituents is 1. The molecule has 0 atom stereocenters. The van der Waals surface area contributed by atoms with Crippen LogP contribution >= 0.6 is 0 Å². The molecule has 2 aromatic carbocycles. The van der Waals surface area contributed by atoms with Gasteiger partial charge in [-0.1, -0.05) is 0 Å². The number of amides is 1. The number of nitrogens with zero attached hydrogens (tertiary/aromatic N) is 1. The second kappa shape index (κ2) is 9.83. The third-order valence-corrected chi connectivity index (χ3v) is 3.57. The zero-order valence-electron chi connectivity index (χ0n) is 15.7. The Morgan fingerprint density at radius 1 is 1.03 bits per heavy atom. The second-order valence-corrected chi connectivity index (χ2v) is 5.60. The first-order valence-electron chi connectivity index (χ1n) is 8.41. The zero-order valence-corrected chi connectivity index (χ0v) is 15.7. The molecule has 1 N–H and O–H groups in total. The predicted octanol–water partition coefficient (Wildman–Crippen LogP) is 2.58. The van der Waals surface area contributed by atoms with Crippen molar-refractivity contribution in [2.24, 2.45) is 0 Å². The summed E-state index contributed by atoms with van der Waals surface area (Å²) in [4.78, 5) is 46.0. The van der Waals surface area contributed by atoms with Crippen LogP contribution in [0.25, 0.3) is 0 Å². The van der Waals surface area contributed by atoms with E-state index >= 15 is 0 Å². The first-order chi connectivity index (χ1) is 13.8. The van der Waals surface area contributed by atoms with Crippen LogP contribution in [-0.2, 0) is 14.3 Å². The Balaban J connectivity index is 2.02. The molecule has 0 aromatic heterocycles. The first kappa shape index (κ1) is 21.4. The van der Waals surface area contributed by atoms with Gasteiger partial charge in [0, 0.05) is 17.8 Å². The van der Waals surface area contributed by atoms with E-state index in [2.05, 4.69) is 10.1 Å². The maximum absolute atomic E-state index is 12.2. The van der Waals surface area contributed by atoms with Crippen molar-refractivity contribution >= 4 is 29.2 Å². The number of ether oxygens (including phenoxy) is 3. The number of carbonyl (C=O) groups is 3. The number of nitro benzene ring substituents is 1. The van der Waals surface area contributed by atoms with Crippen LogP contribution in [0.15, 0.2) is 42.5 Å². The molecule has 0 spiro atoms. The highest BCUT2D eigenvalue weighted by atomic mass is 16.6. The molecule has 0 heterocycles.